The van der Waals surface area contributed by atoms with Crippen molar-refractivity contribution in [2.24, 2.45) is 56.7 Å². The molecule has 5 saturated carbocycles. The zero-order valence-corrected chi connectivity index (χ0v) is 22.6. The van der Waals surface area contributed by atoms with Crippen LogP contribution >= 0.6 is 0 Å². The minimum atomic E-state index is -0.117. The highest BCUT2D eigenvalue weighted by molar-refractivity contribution is 5.30. The van der Waals surface area contributed by atoms with E-state index in [0.29, 0.717) is 51.9 Å². The van der Waals surface area contributed by atoms with Crippen molar-refractivity contribution in [3.8, 4) is 0 Å². The Bertz CT molecular complexity index is 799. The van der Waals surface area contributed by atoms with Crippen molar-refractivity contribution >= 4 is 0 Å². The van der Waals surface area contributed by atoms with E-state index in [2.05, 4.69) is 48.1 Å². The molecule has 0 radical (unpaired) electrons. The summed E-state index contributed by atoms with van der Waals surface area (Å²) in [6.45, 7) is 19.2. The first-order valence-corrected chi connectivity index (χ1v) is 14.4. The van der Waals surface area contributed by atoms with Gasteiger partial charge in [0.1, 0.15) is 0 Å². The molecule has 2 N–H and O–H groups in total. The molecular weight excluding hydrogens is 404 g/mol. The fourth-order valence-corrected chi connectivity index (χ4v) is 11.2. The maximum Gasteiger partial charge on any atom is 0.0594 e. The lowest BCUT2D eigenvalue weighted by Crippen LogP contribution is -2.57. The molecule has 5 rings (SSSR count). The molecule has 33 heavy (non-hydrogen) atoms. The molecule has 0 aromatic rings. The monoisotopic (exact) mass is 456 g/mol. The van der Waals surface area contributed by atoms with E-state index in [1.165, 1.54) is 56.9 Å². The van der Waals surface area contributed by atoms with Gasteiger partial charge in [-0.3, -0.25) is 0 Å². The molecule has 2 heteroatoms. The van der Waals surface area contributed by atoms with Crippen LogP contribution in [0.1, 0.15) is 112 Å². The molecule has 9 atom stereocenters. The number of aliphatic hydroxyl groups excluding tert-OH is 2. The lowest BCUT2D eigenvalue weighted by atomic mass is 9.41. The maximum absolute atomic E-state index is 10.9. The molecule has 5 fully saturated rings. The molecule has 0 aliphatic heterocycles. The number of hydrogen-bond donors (Lipinski definition) is 2. The van der Waals surface area contributed by atoms with Crippen molar-refractivity contribution in [1.29, 1.82) is 0 Å². The van der Waals surface area contributed by atoms with Crippen LogP contribution in [0.5, 0.6) is 0 Å². The number of fused-ring (bicyclic) bond motifs is 2. The summed E-state index contributed by atoms with van der Waals surface area (Å²) >= 11 is 0. The van der Waals surface area contributed by atoms with E-state index in [4.69, 9.17) is 0 Å². The average Bonchev–Trinajstić information content (AvgIpc) is 3.35. The number of hydrogen-bond acceptors (Lipinski definition) is 2. The molecule has 5 aliphatic carbocycles. The first-order valence-electron chi connectivity index (χ1n) is 14.4. The normalized spacial score (nSPS) is 50.7. The van der Waals surface area contributed by atoms with Gasteiger partial charge in [-0.2, -0.15) is 0 Å². The highest BCUT2D eigenvalue weighted by Gasteiger charge is 2.82. The summed E-state index contributed by atoms with van der Waals surface area (Å²) in [6.07, 6.45) is 13.9. The van der Waals surface area contributed by atoms with Gasteiger partial charge in [-0.25, -0.2) is 0 Å². The van der Waals surface area contributed by atoms with Crippen LogP contribution < -0.4 is 0 Å². The summed E-state index contributed by atoms with van der Waals surface area (Å²) in [6, 6.07) is 0. The fraction of sp³-hybridized carbons (Fsp3) is 0.935. The van der Waals surface area contributed by atoms with Crippen LogP contribution in [0.15, 0.2) is 12.2 Å². The van der Waals surface area contributed by atoms with Gasteiger partial charge in [0.25, 0.3) is 0 Å². The smallest absolute Gasteiger partial charge is 0.0594 e. The predicted octanol–water partition coefficient (Wildman–Crippen LogP) is 7.39. The third kappa shape index (κ3) is 2.98. The number of aliphatic hydroxyl groups is 2. The van der Waals surface area contributed by atoms with Crippen LogP contribution in [0.25, 0.3) is 0 Å². The summed E-state index contributed by atoms with van der Waals surface area (Å²) in [5.74, 6) is 3.18. The Morgan fingerprint density at radius 3 is 2.21 bits per heavy atom. The Morgan fingerprint density at radius 1 is 0.879 bits per heavy atom. The number of rotatable bonds is 6. The Labute approximate surface area is 204 Å². The summed E-state index contributed by atoms with van der Waals surface area (Å²) < 4.78 is 0. The summed E-state index contributed by atoms with van der Waals surface area (Å²) in [4.78, 5) is 0. The molecule has 0 amide bonds. The van der Waals surface area contributed by atoms with Crippen molar-refractivity contribution in [3.05, 3.63) is 12.2 Å². The lowest BCUT2D eigenvalue weighted by molar-refractivity contribution is -0.162. The fourth-order valence-electron chi connectivity index (χ4n) is 11.2. The maximum atomic E-state index is 10.9. The van der Waals surface area contributed by atoms with Crippen molar-refractivity contribution in [3.63, 3.8) is 0 Å². The SMILES string of the molecule is C=C(CCC(CO)C1CCC2(C)C3CCC4C(C)(C)C(O)CCC45CC35CCC12C)C(C)C. The summed E-state index contributed by atoms with van der Waals surface area (Å²) in [5.41, 5.74) is 3.27. The highest BCUT2D eigenvalue weighted by atomic mass is 16.3. The molecule has 9 unspecified atom stereocenters. The second kappa shape index (κ2) is 7.58. The van der Waals surface area contributed by atoms with Crippen LogP contribution in [0.2, 0.25) is 0 Å². The highest BCUT2D eigenvalue weighted by Crippen LogP contribution is 2.89. The first-order chi connectivity index (χ1) is 15.4. The quantitative estimate of drug-likeness (QED) is 0.409. The molecule has 2 nitrogen and oxygen atoms in total. The van der Waals surface area contributed by atoms with Gasteiger partial charge in [0.2, 0.25) is 0 Å². The van der Waals surface area contributed by atoms with Crippen LogP contribution in [0, 0.1) is 56.7 Å². The summed E-state index contributed by atoms with van der Waals surface area (Å²) in [7, 11) is 0. The average molecular weight is 457 g/mol. The minimum absolute atomic E-state index is 0.0768. The van der Waals surface area contributed by atoms with Gasteiger partial charge in [-0.05, 0) is 127 Å². The van der Waals surface area contributed by atoms with E-state index in [1.807, 2.05) is 0 Å². The van der Waals surface area contributed by atoms with Crippen LogP contribution in [0.4, 0.5) is 0 Å². The standard InChI is InChI=1S/C31H52O2/c1-20(2)21(3)8-9-22(18-32)23-12-14-29(7)25-11-10-24-27(4,5)26(33)13-15-30(24)19-31(25,30)17-16-28(23,29)6/h20,22-26,32-33H,3,8-19H2,1-2,4-7H3. The predicted molar refractivity (Wildman–Crippen MR) is 137 cm³/mol. The number of allylic oxidation sites excluding steroid dienone is 1. The Hall–Kier alpha value is -0.340. The first kappa shape index (κ1) is 24.4. The largest absolute Gasteiger partial charge is 0.396 e. The van der Waals surface area contributed by atoms with Gasteiger partial charge in [0, 0.05) is 6.61 Å². The Morgan fingerprint density at radius 2 is 1.55 bits per heavy atom. The van der Waals surface area contributed by atoms with E-state index in [-0.39, 0.29) is 11.5 Å². The van der Waals surface area contributed by atoms with Crippen LogP contribution in [-0.2, 0) is 0 Å². The second-order valence-corrected chi connectivity index (χ2v) is 14.8. The van der Waals surface area contributed by atoms with Crippen LogP contribution in [0.3, 0.4) is 0 Å². The van der Waals surface area contributed by atoms with Gasteiger partial charge < -0.3 is 10.2 Å². The zero-order valence-electron chi connectivity index (χ0n) is 22.6. The molecule has 0 bridgehead atoms. The second-order valence-electron chi connectivity index (χ2n) is 14.8. The van der Waals surface area contributed by atoms with Gasteiger partial charge >= 0.3 is 0 Å². The zero-order chi connectivity index (χ0) is 24.0. The molecular formula is C31H52O2. The van der Waals surface area contributed by atoms with Gasteiger partial charge in [0.15, 0.2) is 0 Å². The molecule has 188 valence electrons. The van der Waals surface area contributed by atoms with E-state index >= 15 is 0 Å². The third-order valence-electron chi connectivity index (χ3n) is 13.6. The van der Waals surface area contributed by atoms with Gasteiger partial charge in [0.05, 0.1) is 6.10 Å². The van der Waals surface area contributed by atoms with E-state index in [9.17, 15) is 10.2 Å². The van der Waals surface area contributed by atoms with Gasteiger partial charge in [-0.1, -0.05) is 53.7 Å². The third-order valence-corrected chi connectivity index (χ3v) is 13.6. The van der Waals surface area contributed by atoms with E-state index in [0.717, 1.165) is 25.2 Å². The molecule has 0 heterocycles. The van der Waals surface area contributed by atoms with E-state index in [1.54, 1.807) is 0 Å². The van der Waals surface area contributed by atoms with Crippen molar-refractivity contribution in [2.75, 3.05) is 6.61 Å². The lowest BCUT2D eigenvalue weighted by Gasteiger charge is -2.63. The minimum Gasteiger partial charge on any atom is -0.396 e. The Balaban J connectivity index is 1.40. The van der Waals surface area contributed by atoms with E-state index < -0.39 is 0 Å². The molecule has 0 saturated heterocycles. The van der Waals surface area contributed by atoms with Crippen LogP contribution in [-0.4, -0.2) is 22.9 Å². The molecule has 5 aliphatic rings. The van der Waals surface area contributed by atoms with Crippen molar-refractivity contribution < 1.29 is 10.2 Å². The van der Waals surface area contributed by atoms with Crippen molar-refractivity contribution in [2.45, 2.75) is 118 Å². The molecule has 2 spiro atoms. The van der Waals surface area contributed by atoms with Crippen molar-refractivity contribution in [1.82, 2.24) is 0 Å². The molecule has 0 aromatic carbocycles. The summed E-state index contributed by atoms with van der Waals surface area (Å²) in [5, 5.41) is 21.4. The Kier molecular flexibility index (Phi) is 5.60. The van der Waals surface area contributed by atoms with Gasteiger partial charge in [-0.15, -0.1) is 0 Å². The topological polar surface area (TPSA) is 40.5 Å². The molecule has 0 aromatic heterocycles.